The molecular weight excluding hydrogens is 576 g/mol. The number of unbranched alkanes of at least 4 members (excludes halogenated alkanes) is 1. The number of benzene rings is 2. The maximum Gasteiger partial charge on any atom is 0.252 e. The first kappa shape index (κ1) is 31.7. The van der Waals surface area contributed by atoms with Crippen LogP contribution >= 0.6 is 0 Å². The predicted octanol–water partition coefficient (Wildman–Crippen LogP) is -0.170. The van der Waals surface area contributed by atoms with E-state index in [0.717, 1.165) is 5.69 Å². The van der Waals surface area contributed by atoms with Crippen molar-refractivity contribution in [2.24, 2.45) is 16.7 Å². The zero-order valence-electron chi connectivity index (χ0n) is 24.3. The molecule has 4 rings (SSSR count). The minimum Gasteiger partial charge on any atom is -0.399 e. The quantitative estimate of drug-likeness (QED) is 0.0186. The molecule has 4 aromatic rings. The van der Waals surface area contributed by atoms with Crippen LogP contribution in [0.1, 0.15) is 44.8 Å². The maximum atomic E-state index is 12.7. The Balaban J connectivity index is 1.26. The summed E-state index contributed by atoms with van der Waals surface area (Å²) in [6, 6.07) is 11.8. The Hall–Kier alpha value is -6.21. The van der Waals surface area contributed by atoms with Crippen LogP contribution in [0.2, 0.25) is 0 Å². The lowest BCUT2D eigenvalue weighted by Gasteiger charge is -2.22. The number of hydrazine groups is 1. The van der Waals surface area contributed by atoms with Crippen LogP contribution in [0.4, 0.5) is 23.1 Å². The van der Waals surface area contributed by atoms with E-state index >= 15 is 0 Å². The monoisotopic (exact) mass is 610 g/mol. The van der Waals surface area contributed by atoms with Crippen molar-refractivity contribution in [3.63, 3.8) is 0 Å². The lowest BCUT2D eigenvalue weighted by atomic mass is 10.0. The molecule has 16 nitrogen and oxygen atoms in total. The molecule has 0 unspecified atom stereocenters. The number of anilines is 4. The molecule has 0 radical (unpaired) electrons. The SMILES string of the molecule is C#CCN(Cc1cnc2nc(N)nc(N)c2n1)c1ccc(C(=O)NCCCCNC(=O)c2ccc(N)cc2/C(N)=N/NN)cc1. The number of amidine groups is 1. The van der Waals surface area contributed by atoms with E-state index in [0.29, 0.717) is 78.3 Å². The Morgan fingerprint density at radius 3 is 2.33 bits per heavy atom. The number of fused-ring (bicyclic) bond motifs is 1. The van der Waals surface area contributed by atoms with Gasteiger partial charge in [-0.15, -0.1) is 11.5 Å². The fourth-order valence-corrected chi connectivity index (χ4v) is 4.38. The largest absolute Gasteiger partial charge is 0.399 e. The van der Waals surface area contributed by atoms with Gasteiger partial charge in [0.15, 0.2) is 22.8 Å². The minimum atomic E-state index is -0.334. The van der Waals surface area contributed by atoms with Crippen molar-refractivity contribution in [2.45, 2.75) is 19.4 Å². The van der Waals surface area contributed by atoms with Crippen LogP contribution in [0.15, 0.2) is 53.8 Å². The summed E-state index contributed by atoms with van der Waals surface area (Å²) in [5.74, 6) is 7.46. The van der Waals surface area contributed by atoms with E-state index < -0.39 is 0 Å². The second-order valence-electron chi connectivity index (χ2n) is 9.76. The van der Waals surface area contributed by atoms with E-state index in [1.165, 1.54) is 0 Å². The third-order valence-corrected chi connectivity index (χ3v) is 6.55. The van der Waals surface area contributed by atoms with Gasteiger partial charge in [-0.05, 0) is 55.3 Å². The summed E-state index contributed by atoms with van der Waals surface area (Å²) in [6.45, 7) is 1.44. The van der Waals surface area contributed by atoms with Crippen LogP contribution < -0.4 is 49.8 Å². The van der Waals surface area contributed by atoms with Gasteiger partial charge in [0.05, 0.1) is 30.5 Å². The van der Waals surface area contributed by atoms with Crippen molar-refractivity contribution in [1.82, 2.24) is 36.1 Å². The molecule has 0 bridgehead atoms. The Morgan fingerprint density at radius 2 is 1.64 bits per heavy atom. The first-order valence-corrected chi connectivity index (χ1v) is 13.8. The van der Waals surface area contributed by atoms with Gasteiger partial charge in [0.25, 0.3) is 11.8 Å². The molecule has 16 heteroatoms. The molecule has 2 amide bonds. The van der Waals surface area contributed by atoms with Gasteiger partial charge < -0.3 is 38.5 Å². The number of nitrogen functional groups attached to an aromatic ring is 3. The molecular formula is C29H34N14O2. The van der Waals surface area contributed by atoms with Gasteiger partial charge in [-0.1, -0.05) is 5.92 Å². The summed E-state index contributed by atoms with van der Waals surface area (Å²) < 4.78 is 0. The molecule has 0 saturated heterocycles. The van der Waals surface area contributed by atoms with Gasteiger partial charge in [0.2, 0.25) is 5.95 Å². The van der Waals surface area contributed by atoms with Crippen LogP contribution in [-0.2, 0) is 6.54 Å². The molecule has 0 saturated carbocycles. The number of hydrogen-bond donors (Lipinski definition) is 8. The van der Waals surface area contributed by atoms with E-state index in [1.807, 2.05) is 4.90 Å². The van der Waals surface area contributed by atoms with E-state index in [1.54, 1.807) is 48.7 Å². The Labute approximate surface area is 258 Å². The minimum absolute atomic E-state index is 0.0211. The van der Waals surface area contributed by atoms with Gasteiger partial charge in [-0.3, -0.25) is 9.59 Å². The molecule has 2 aromatic carbocycles. The van der Waals surface area contributed by atoms with Crippen molar-refractivity contribution in [3.05, 3.63) is 71.0 Å². The number of nitrogens with one attached hydrogen (secondary N) is 3. The Kier molecular flexibility index (Phi) is 10.4. The topological polar surface area (TPSA) is 267 Å². The lowest BCUT2D eigenvalue weighted by Crippen LogP contribution is -2.30. The number of nitrogens with zero attached hydrogens (tertiary/aromatic N) is 6. The second-order valence-corrected chi connectivity index (χ2v) is 9.76. The molecule has 0 spiro atoms. The van der Waals surface area contributed by atoms with Crippen molar-refractivity contribution < 1.29 is 9.59 Å². The number of carbonyl (C=O) groups excluding carboxylic acids is 2. The van der Waals surface area contributed by atoms with Crippen molar-refractivity contribution in [1.29, 1.82) is 0 Å². The van der Waals surface area contributed by atoms with E-state index in [9.17, 15) is 9.59 Å². The number of amides is 2. The van der Waals surface area contributed by atoms with Crippen LogP contribution in [-0.4, -0.2) is 57.2 Å². The molecule has 0 atom stereocenters. The molecule has 0 aliphatic heterocycles. The smallest absolute Gasteiger partial charge is 0.252 e. The van der Waals surface area contributed by atoms with E-state index in [2.05, 4.69) is 47.1 Å². The highest BCUT2D eigenvalue weighted by atomic mass is 16.2. The number of hydrogen-bond acceptors (Lipinski definition) is 13. The molecule has 13 N–H and O–H groups in total. The molecule has 232 valence electrons. The van der Waals surface area contributed by atoms with Crippen LogP contribution in [0.25, 0.3) is 11.2 Å². The summed E-state index contributed by atoms with van der Waals surface area (Å²) in [5, 5.41) is 9.44. The fourth-order valence-electron chi connectivity index (χ4n) is 4.38. The standard InChI is InChI=1S/C29H34N14O2/c1-2-13-43(16-19-15-37-26-23(38-19)25(32)39-29(33)40-26)20-8-5-17(6-9-20)27(44)35-11-3-4-12-36-28(45)21-10-7-18(30)14-22(21)24(31)41-42-34/h1,5-10,14-15,42H,3-4,11-13,16,30,34H2,(H2,31,41)(H,35,44)(H,36,45)(H4,32,33,37,39,40). The third-order valence-electron chi connectivity index (χ3n) is 6.55. The predicted molar refractivity (Wildman–Crippen MR) is 173 cm³/mol. The average Bonchev–Trinajstić information content (AvgIpc) is 3.02. The van der Waals surface area contributed by atoms with Crippen LogP contribution in [0.3, 0.4) is 0 Å². The summed E-state index contributed by atoms with van der Waals surface area (Å²) in [4.78, 5) is 44.1. The lowest BCUT2D eigenvalue weighted by molar-refractivity contribution is 0.0939. The first-order valence-electron chi connectivity index (χ1n) is 13.8. The average molecular weight is 611 g/mol. The van der Waals surface area contributed by atoms with Gasteiger partial charge >= 0.3 is 0 Å². The van der Waals surface area contributed by atoms with Crippen LogP contribution in [0.5, 0.6) is 0 Å². The van der Waals surface area contributed by atoms with E-state index in [-0.39, 0.29) is 29.4 Å². The molecule has 2 heterocycles. The first-order chi connectivity index (χ1) is 21.7. The van der Waals surface area contributed by atoms with Crippen molar-refractivity contribution in [2.75, 3.05) is 41.7 Å². The highest BCUT2D eigenvalue weighted by molar-refractivity contribution is 6.09. The van der Waals surface area contributed by atoms with E-state index in [4.69, 9.17) is 35.2 Å². The zero-order valence-corrected chi connectivity index (χ0v) is 24.3. The molecule has 45 heavy (non-hydrogen) atoms. The van der Waals surface area contributed by atoms with Gasteiger partial charge in [0.1, 0.15) is 0 Å². The third kappa shape index (κ3) is 8.21. The summed E-state index contributed by atoms with van der Waals surface area (Å²) in [6.07, 6.45) is 8.46. The Morgan fingerprint density at radius 1 is 0.933 bits per heavy atom. The van der Waals surface area contributed by atoms with Crippen LogP contribution in [0, 0.1) is 12.3 Å². The number of rotatable bonds is 13. The zero-order chi connectivity index (χ0) is 32.3. The maximum absolute atomic E-state index is 12.7. The molecule has 2 aromatic heterocycles. The normalized spacial score (nSPS) is 11.1. The highest BCUT2D eigenvalue weighted by Crippen LogP contribution is 2.20. The number of carbonyl (C=O) groups is 2. The molecule has 0 fully saturated rings. The number of hydrazone groups is 1. The molecule has 0 aliphatic rings. The molecule has 0 aliphatic carbocycles. The summed E-state index contributed by atoms with van der Waals surface area (Å²) >= 11 is 0. The Bertz CT molecular complexity index is 1750. The summed E-state index contributed by atoms with van der Waals surface area (Å²) in [7, 11) is 0. The van der Waals surface area contributed by atoms with Crippen molar-refractivity contribution in [3.8, 4) is 12.3 Å². The van der Waals surface area contributed by atoms with Crippen molar-refractivity contribution >= 4 is 52.0 Å². The number of nitrogens with two attached hydrogens (primary N) is 5. The van der Waals surface area contributed by atoms with Gasteiger partial charge in [-0.25, -0.2) is 21.3 Å². The second kappa shape index (κ2) is 14.8. The van der Waals surface area contributed by atoms with Gasteiger partial charge in [-0.2, -0.15) is 9.97 Å². The fraction of sp³-hybridized carbons (Fsp3) is 0.207. The highest BCUT2D eigenvalue weighted by Gasteiger charge is 2.15. The number of terminal acetylenes is 1. The number of aromatic nitrogens is 4. The van der Waals surface area contributed by atoms with Gasteiger partial charge in [0, 0.05) is 35.6 Å². The summed E-state index contributed by atoms with van der Waals surface area (Å²) in [5.41, 5.74) is 29.0.